The van der Waals surface area contributed by atoms with Crippen LogP contribution in [0.15, 0.2) is 175 Å². The number of hydrogen-bond acceptors (Lipinski definition) is 3. The van der Waals surface area contributed by atoms with Crippen molar-refractivity contribution in [3.63, 3.8) is 0 Å². The van der Waals surface area contributed by atoms with E-state index in [9.17, 15) is 15.8 Å². The standard InChI is InChI=1S/C60H38N6/c1-60(2)47-21-9-3-20-44(47)55-48(60)32-31-43-42-19-8-14-26-53(42)66(57(43)55)56-45(34-62)58(64-49-22-10-4-15-38(49)39-16-5-11-23-50(39)64)54(37-29-27-36(33-61)28-30-37)59(46(56)35-63)65-51-24-12-6-17-40(51)41-18-7-13-25-52(41)65/h3-8,10-20,22-32H,9,21H2,1-2H3. The first kappa shape index (κ1) is 37.6. The van der Waals surface area contributed by atoms with Gasteiger partial charge in [-0.25, -0.2) is 0 Å². The molecule has 13 rings (SSSR count). The third-order valence-electron chi connectivity index (χ3n) is 14.5. The van der Waals surface area contributed by atoms with Crippen molar-refractivity contribution in [2.24, 2.45) is 0 Å². The average Bonchev–Trinajstić information content (AvgIpc) is 4.06. The van der Waals surface area contributed by atoms with Crippen molar-refractivity contribution >= 4 is 71.0 Å². The zero-order valence-electron chi connectivity index (χ0n) is 36.3. The number of benzene rings is 8. The van der Waals surface area contributed by atoms with Crippen molar-refractivity contribution in [1.82, 2.24) is 13.7 Å². The molecular formula is C60H38N6. The molecule has 0 N–H and O–H groups in total. The molecule has 0 saturated carbocycles. The summed E-state index contributed by atoms with van der Waals surface area (Å²) >= 11 is 0. The maximum atomic E-state index is 12.2. The molecule has 6 heteroatoms. The van der Waals surface area contributed by atoms with Crippen LogP contribution in [-0.2, 0) is 5.41 Å². The smallest absolute Gasteiger partial charge is 0.104 e. The summed E-state index contributed by atoms with van der Waals surface area (Å²) in [4.78, 5) is 0. The van der Waals surface area contributed by atoms with Crippen molar-refractivity contribution in [3.05, 3.63) is 203 Å². The Morgan fingerprint density at radius 3 is 1.38 bits per heavy atom. The first-order chi connectivity index (χ1) is 32.4. The van der Waals surface area contributed by atoms with Gasteiger partial charge in [0.05, 0.1) is 61.8 Å². The van der Waals surface area contributed by atoms with Crippen LogP contribution in [0.5, 0.6) is 0 Å². The van der Waals surface area contributed by atoms with Gasteiger partial charge in [0.2, 0.25) is 0 Å². The predicted octanol–water partition coefficient (Wildman–Crippen LogP) is 14.7. The Kier molecular flexibility index (Phi) is 7.87. The Bertz CT molecular complexity index is 3900. The minimum Gasteiger partial charge on any atom is -0.307 e. The van der Waals surface area contributed by atoms with E-state index in [1.807, 2.05) is 48.5 Å². The Balaban J connectivity index is 1.35. The second kappa shape index (κ2) is 13.8. The summed E-state index contributed by atoms with van der Waals surface area (Å²) in [6, 6.07) is 62.0. The minimum atomic E-state index is -0.220. The maximum absolute atomic E-state index is 12.2. The molecule has 0 fully saturated rings. The topological polar surface area (TPSA) is 86.2 Å². The van der Waals surface area contributed by atoms with Crippen LogP contribution >= 0.6 is 0 Å². The first-order valence-corrected chi connectivity index (χ1v) is 22.4. The van der Waals surface area contributed by atoms with E-state index in [1.165, 1.54) is 16.7 Å². The molecule has 0 saturated heterocycles. The van der Waals surface area contributed by atoms with Crippen LogP contribution in [0.2, 0.25) is 0 Å². The molecule has 11 aromatic rings. The van der Waals surface area contributed by atoms with Crippen molar-refractivity contribution in [1.29, 1.82) is 15.8 Å². The molecule has 0 aliphatic heterocycles. The molecule has 0 amide bonds. The molecule has 0 bridgehead atoms. The molecule has 2 aliphatic rings. The lowest BCUT2D eigenvalue weighted by Gasteiger charge is -2.27. The van der Waals surface area contributed by atoms with Crippen LogP contribution < -0.4 is 0 Å². The fourth-order valence-electron chi connectivity index (χ4n) is 11.7. The van der Waals surface area contributed by atoms with E-state index in [0.29, 0.717) is 39.3 Å². The number of hydrogen-bond donors (Lipinski definition) is 0. The zero-order chi connectivity index (χ0) is 44.4. The molecule has 3 aromatic heterocycles. The summed E-state index contributed by atoms with van der Waals surface area (Å²) in [5, 5.41) is 40.8. The molecular weight excluding hydrogens is 805 g/mol. The van der Waals surface area contributed by atoms with E-state index in [1.54, 1.807) is 0 Å². The van der Waals surface area contributed by atoms with Gasteiger partial charge in [-0.15, -0.1) is 0 Å². The highest BCUT2D eigenvalue weighted by Crippen LogP contribution is 2.55. The molecule has 308 valence electrons. The van der Waals surface area contributed by atoms with Gasteiger partial charge >= 0.3 is 0 Å². The van der Waals surface area contributed by atoms with E-state index >= 15 is 0 Å². The van der Waals surface area contributed by atoms with E-state index in [4.69, 9.17) is 0 Å². The normalized spacial score (nSPS) is 14.0. The fraction of sp³-hybridized carbons (Fsp3) is 0.0833. The SMILES string of the molecule is CC1(C)C2=C(C=CCC2)c2c1ccc1c3ccccc3n(-c3c(C#N)c(-n4c5ccccc5c5ccccc54)c(-c4ccc(C#N)cc4)c(-n4c5ccccc5c5ccccc54)c3C#N)c21. The Labute approximate surface area is 380 Å². The third-order valence-corrected chi connectivity index (χ3v) is 14.5. The monoisotopic (exact) mass is 842 g/mol. The van der Waals surface area contributed by atoms with E-state index in [0.717, 1.165) is 89.4 Å². The van der Waals surface area contributed by atoms with E-state index < -0.39 is 0 Å². The molecule has 6 nitrogen and oxygen atoms in total. The van der Waals surface area contributed by atoms with Crippen LogP contribution in [0.4, 0.5) is 0 Å². The summed E-state index contributed by atoms with van der Waals surface area (Å²) in [5.41, 5.74) is 15.0. The number of nitrogens with zero attached hydrogens (tertiary/aromatic N) is 6. The lowest BCUT2D eigenvalue weighted by Crippen LogP contribution is -2.17. The Hall–Kier alpha value is -8.89. The van der Waals surface area contributed by atoms with Gasteiger partial charge in [-0.3, -0.25) is 0 Å². The number of nitriles is 3. The van der Waals surface area contributed by atoms with Gasteiger partial charge < -0.3 is 13.7 Å². The zero-order valence-corrected chi connectivity index (χ0v) is 36.3. The molecule has 2 aliphatic carbocycles. The number of aromatic nitrogens is 3. The van der Waals surface area contributed by atoms with E-state index in [-0.39, 0.29) is 5.41 Å². The highest BCUT2D eigenvalue weighted by Gasteiger charge is 2.40. The molecule has 3 heterocycles. The molecule has 66 heavy (non-hydrogen) atoms. The molecule has 0 atom stereocenters. The highest BCUT2D eigenvalue weighted by molar-refractivity contribution is 6.17. The average molecular weight is 843 g/mol. The van der Waals surface area contributed by atoms with Crippen molar-refractivity contribution in [2.45, 2.75) is 32.1 Å². The number of allylic oxidation sites excluding steroid dienone is 4. The van der Waals surface area contributed by atoms with Gasteiger partial charge in [0, 0.05) is 48.9 Å². The quantitative estimate of drug-likeness (QED) is 0.177. The lowest BCUT2D eigenvalue weighted by molar-refractivity contribution is 0.607. The second-order valence-electron chi connectivity index (χ2n) is 18.0. The van der Waals surface area contributed by atoms with Gasteiger partial charge in [-0.2, -0.15) is 15.8 Å². The molecule has 8 aromatic carbocycles. The summed E-state index contributed by atoms with van der Waals surface area (Å²) in [5.74, 6) is 0. The maximum Gasteiger partial charge on any atom is 0.104 e. The van der Waals surface area contributed by atoms with Crippen molar-refractivity contribution in [2.75, 3.05) is 0 Å². The molecule has 0 spiro atoms. The highest BCUT2D eigenvalue weighted by atomic mass is 15.1. The van der Waals surface area contributed by atoms with Crippen molar-refractivity contribution < 1.29 is 0 Å². The third kappa shape index (κ3) is 4.87. The minimum absolute atomic E-state index is 0.220. The van der Waals surface area contributed by atoms with Gasteiger partial charge in [-0.05, 0) is 72.0 Å². The molecule has 0 unspecified atom stereocenters. The Morgan fingerprint density at radius 1 is 0.455 bits per heavy atom. The second-order valence-corrected chi connectivity index (χ2v) is 18.0. The summed E-state index contributed by atoms with van der Waals surface area (Å²) in [6.07, 6.45) is 6.54. The summed E-state index contributed by atoms with van der Waals surface area (Å²) in [7, 11) is 0. The summed E-state index contributed by atoms with van der Waals surface area (Å²) < 4.78 is 6.74. The summed E-state index contributed by atoms with van der Waals surface area (Å²) in [6.45, 7) is 4.67. The number of fused-ring (bicyclic) bond motifs is 12. The Morgan fingerprint density at radius 2 is 0.909 bits per heavy atom. The van der Waals surface area contributed by atoms with Crippen LogP contribution in [0, 0.1) is 34.0 Å². The fourth-order valence-corrected chi connectivity index (χ4v) is 11.7. The van der Waals surface area contributed by atoms with Gasteiger partial charge in [0.15, 0.2) is 0 Å². The van der Waals surface area contributed by atoms with Gasteiger partial charge in [-0.1, -0.05) is 147 Å². The van der Waals surface area contributed by atoms with Crippen LogP contribution in [-0.4, -0.2) is 13.7 Å². The van der Waals surface area contributed by atoms with Crippen LogP contribution in [0.25, 0.3) is 99.2 Å². The lowest BCUT2D eigenvalue weighted by atomic mass is 9.78. The predicted molar refractivity (Wildman–Crippen MR) is 267 cm³/mol. The number of rotatable bonds is 4. The van der Waals surface area contributed by atoms with Crippen LogP contribution in [0.3, 0.4) is 0 Å². The van der Waals surface area contributed by atoms with Gasteiger partial charge in [0.25, 0.3) is 0 Å². The largest absolute Gasteiger partial charge is 0.307 e. The first-order valence-electron chi connectivity index (χ1n) is 22.4. The number of para-hydroxylation sites is 5. The van der Waals surface area contributed by atoms with E-state index in [2.05, 4.69) is 167 Å². The van der Waals surface area contributed by atoms with Crippen LogP contribution in [0.1, 0.15) is 54.5 Å². The molecule has 0 radical (unpaired) electrons. The van der Waals surface area contributed by atoms with Gasteiger partial charge in [0.1, 0.15) is 23.3 Å². The van der Waals surface area contributed by atoms with Crippen molar-refractivity contribution in [3.8, 4) is 46.4 Å².